The van der Waals surface area contributed by atoms with Crippen LogP contribution in [0.25, 0.3) is 0 Å². The van der Waals surface area contributed by atoms with Crippen molar-refractivity contribution in [3.8, 4) is 0 Å². The Morgan fingerprint density at radius 1 is 1.14 bits per heavy atom. The molecule has 0 aromatic heterocycles. The van der Waals surface area contributed by atoms with Crippen LogP contribution in [0.4, 0.5) is 5.69 Å². The van der Waals surface area contributed by atoms with Gasteiger partial charge in [-0.05, 0) is 30.2 Å². The molecular formula is C17H19N3O. The number of benzene rings is 2. The second-order valence-electron chi connectivity index (χ2n) is 5.38. The molecule has 0 radical (unpaired) electrons. The molecule has 1 saturated heterocycles. The van der Waals surface area contributed by atoms with Gasteiger partial charge in [0.2, 0.25) is 5.91 Å². The fraction of sp³-hybridized carbons (Fsp3) is 0.235. The summed E-state index contributed by atoms with van der Waals surface area (Å²) >= 11 is 0. The van der Waals surface area contributed by atoms with E-state index in [9.17, 15) is 4.79 Å². The van der Waals surface area contributed by atoms with Crippen molar-refractivity contribution >= 4 is 11.6 Å². The first-order valence-corrected chi connectivity index (χ1v) is 7.15. The summed E-state index contributed by atoms with van der Waals surface area (Å²) in [7, 11) is 0. The van der Waals surface area contributed by atoms with E-state index in [-0.39, 0.29) is 17.9 Å². The van der Waals surface area contributed by atoms with Crippen LogP contribution in [-0.4, -0.2) is 12.5 Å². The highest BCUT2D eigenvalue weighted by atomic mass is 16.2. The second-order valence-corrected chi connectivity index (χ2v) is 5.38. The number of hydrogen-bond donors (Lipinski definition) is 3. The number of hydrazine groups is 1. The number of amides is 1. The van der Waals surface area contributed by atoms with Crippen molar-refractivity contribution in [2.75, 3.05) is 11.9 Å². The monoisotopic (exact) mass is 281 g/mol. The van der Waals surface area contributed by atoms with E-state index >= 15 is 0 Å². The first-order chi connectivity index (χ1) is 10.2. The molecule has 2 aromatic carbocycles. The highest BCUT2D eigenvalue weighted by Gasteiger charge is 2.33. The van der Waals surface area contributed by atoms with Crippen LogP contribution in [0.3, 0.4) is 0 Å². The molecule has 2 aromatic rings. The van der Waals surface area contributed by atoms with Gasteiger partial charge in [0.1, 0.15) is 0 Å². The Balaban J connectivity index is 1.74. The highest BCUT2D eigenvalue weighted by molar-refractivity contribution is 5.93. The lowest BCUT2D eigenvalue weighted by Crippen LogP contribution is -2.29. The van der Waals surface area contributed by atoms with E-state index in [2.05, 4.69) is 16.2 Å². The summed E-state index contributed by atoms with van der Waals surface area (Å²) in [6.07, 6.45) is 0. The molecule has 2 unspecified atom stereocenters. The van der Waals surface area contributed by atoms with Gasteiger partial charge in [-0.25, -0.2) is 5.43 Å². The van der Waals surface area contributed by atoms with Gasteiger partial charge >= 0.3 is 0 Å². The molecule has 0 saturated carbocycles. The van der Waals surface area contributed by atoms with Crippen LogP contribution in [0.15, 0.2) is 54.6 Å². The number of carbonyl (C=O) groups excluding carboxylic acids is 1. The van der Waals surface area contributed by atoms with Crippen molar-refractivity contribution in [2.45, 2.75) is 13.0 Å². The summed E-state index contributed by atoms with van der Waals surface area (Å²) in [5.41, 5.74) is 9.38. The fourth-order valence-corrected chi connectivity index (χ4v) is 2.68. The SMILES string of the molecule is Cc1cccc(NC(=O)C2CNNC2c2ccccc2)c1. The first kappa shape index (κ1) is 13.8. The molecule has 4 heteroatoms. The van der Waals surface area contributed by atoms with Crippen LogP contribution in [0, 0.1) is 12.8 Å². The zero-order valence-corrected chi connectivity index (χ0v) is 12.0. The third kappa shape index (κ3) is 3.12. The Kier molecular flexibility index (Phi) is 3.99. The summed E-state index contributed by atoms with van der Waals surface area (Å²) in [5, 5.41) is 3.01. The van der Waals surface area contributed by atoms with E-state index in [4.69, 9.17) is 0 Å². The van der Waals surface area contributed by atoms with Gasteiger partial charge in [0.25, 0.3) is 0 Å². The van der Waals surface area contributed by atoms with Crippen molar-refractivity contribution in [3.63, 3.8) is 0 Å². The summed E-state index contributed by atoms with van der Waals surface area (Å²) in [5.74, 6) is -0.0973. The van der Waals surface area contributed by atoms with Crippen LogP contribution in [0.5, 0.6) is 0 Å². The minimum atomic E-state index is -0.132. The van der Waals surface area contributed by atoms with Gasteiger partial charge in [-0.1, -0.05) is 42.5 Å². The molecule has 1 aliphatic rings. The molecule has 4 nitrogen and oxygen atoms in total. The van der Waals surface area contributed by atoms with E-state index in [1.54, 1.807) is 0 Å². The van der Waals surface area contributed by atoms with Crippen LogP contribution in [0.1, 0.15) is 17.2 Å². The topological polar surface area (TPSA) is 53.2 Å². The van der Waals surface area contributed by atoms with Crippen LogP contribution in [0.2, 0.25) is 0 Å². The minimum Gasteiger partial charge on any atom is -0.326 e. The van der Waals surface area contributed by atoms with E-state index in [0.717, 1.165) is 16.8 Å². The van der Waals surface area contributed by atoms with Gasteiger partial charge in [-0.15, -0.1) is 0 Å². The van der Waals surface area contributed by atoms with Gasteiger partial charge in [0, 0.05) is 12.2 Å². The van der Waals surface area contributed by atoms with E-state index in [0.29, 0.717) is 6.54 Å². The summed E-state index contributed by atoms with van der Waals surface area (Å²) in [6.45, 7) is 2.64. The molecular weight excluding hydrogens is 262 g/mol. The maximum Gasteiger partial charge on any atom is 0.230 e. The van der Waals surface area contributed by atoms with Gasteiger partial charge in [0.15, 0.2) is 0 Å². The second kappa shape index (κ2) is 6.08. The molecule has 2 atom stereocenters. The predicted octanol–water partition coefficient (Wildman–Crippen LogP) is 2.40. The standard InChI is InChI=1S/C17H19N3O/c1-12-6-5-9-14(10-12)19-17(21)15-11-18-20-16(15)13-7-3-2-4-8-13/h2-10,15-16,18,20H,11H2,1H3,(H,19,21). The number of aryl methyl sites for hydroxylation is 1. The first-order valence-electron chi connectivity index (χ1n) is 7.15. The van der Waals surface area contributed by atoms with Crippen molar-refractivity contribution in [1.82, 2.24) is 10.9 Å². The normalized spacial score (nSPS) is 21.2. The van der Waals surface area contributed by atoms with Gasteiger partial charge in [-0.2, -0.15) is 0 Å². The van der Waals surface area contributed by atoms with Crippen LogP contribution in [-0.2, 0) is 4.79 Å². The molecule has 3 N–H and O–H groups in total. The molecule has 108 valence electrons. The van der Waals surface area contributed by atoms with Gasteiger partial charge < -0.3 is 5.32 Å². The van der Waals surface area contributed by atoms with Gasteiger partial charge in [0.05, 0.1) is 12.0 Å². The maximum absolute atomic E-state index is 12.5. The number of carbonyl (C=O) groups is 1. The zero-order chi connectivity index (χ0) is 14.7. The van der Waals surface area contributed by atoms with E-state index in [1.165, 1.54) is 0 Å². The predicted molar refractivity (Wildman–Crippen MR) is 83.6 cm³/mol. The lowest BCUT2D eigenvalue weighted by atomic mass is 9.94. The van der Waals surface area contributed by atoms with E-state index < -0.39 is 0 Å². The maximum atomic E-state index is 12.5. The number of anilines is 1. The quantitative estimate of drug-likeness (QED) is 0.810. The lowest BCUT2D eigenvalue weighted by Gasteiger charge is -2.18. The number of nitrogens with one attached hydrogen (secondary N) is 3. The molecule has 3 rings (SSSR count). The molecule has 0 aliphatic carbocycles. The summed E-state index contributed by atoms with van der Waals surface area (Å²) in [4.78, 5) is 12.5. The largest absolute Gasteiger partial charge is 0.326 e. The van der Waals surface area contributed by atoms with Crippen LogP contribution < -0.4 is 16.2 Å². The lowest BCUT2D eigenvalue weighted by molar-refractivity contribution is -0.119. The molecule has 1 amide bonds. The summed E-state index contributed by atoms with van der Waals surface area (Å²) < 4.78 is 0. The molecule has 1 heterocycles. The summed E-state index contributed by atoms with van der Waals surface area (Å²) in [6, 6.07) is 17.9. The molecule has 0 bridgehead atoms. The molecule has 0 spiro atoms. The minimum absolute atomic E-state index is 0.00370. The zero-order valence-electron chi connectivity index (χ0n) is 12.0. The van der Waals surface area contributed by atoms with Crippen molar-refractivity contribution in [3.05, 3.63) is 65.7 Å². The average molecular weight is 281 g/mol. The molecule has 1 fully saturated rings. The molecule has 1 aliphatic heterocycles. The fourth-order valence-electron chi connectivity index (χ4n) is 2.68. The Bertz CT molecular complexity index is 627. The number of rotatable bonds is 3. The van der Waals surface area contributed by atoms with Crippen molar-refractivity contribution in [1.29, 1.82) is 0 Å². The number of hydrogen-bond acceptors (Lipinski definition) is 3. The highest BCUT2D eigenvalue weighted by Crippen LogP contribution is 2.26. The Morgan fingerprint density at radius 2 is 1.95 bits per heavy atom. The van der Waals surface area contributed by atoms with Gasteiger partial charge in [-0.3, -0.25) is 10.2 Å². The van der Waals surface area contributed by atoms with Crippen molar-refractivity contribution < 1.29 is 4.79 Å². The Hall–Kier alpha value is -2.17. The average Bonchev–Trinajstić information content (AvgIpc) is 2.98. The van der Waals surface area contributed by atoms with Crippen LogP contribution >= 0.6 is 0 Å². The molecule has 21 heavy (non-hydrogen) atoms. The van der Waals surface area contributed by atoms with E-state index in [1.807, 2.05) is 61.5 Å². The van der Waals surface area contributed by atoms with Crippen molar-refractivity contribution in [2.24, 2.45) is 5.92 Å². The smallest absolute Gasteiger partial charge is 0.230 e. The Morgan fingerprint density at radius 3 is 2.71 bits per heavy atom. The third-order valence-electron chi connectivity index (χ3n) is 3.76. The Labute approximate surface area is 124 Å². The third-order valence-corrected chi connectivity index (χ3v) is 3.76.